The number of nitrogens with one attached hydrogen (secondary N) is 1. The first kappa shape index (κ1) is 14.6. The molecule has 19 heavy (non-hydrogen) atoms. The lowest BCUT2D eigenvalue weighted by atomic mass is 9.89. The summed E-state index contributed by atoms with van der Waals surface area (Å²) >= 11 is 0. The van der Waals surface area contributed by atoms with Crippen LogP contribution >= 0.6 is 0 Å². The van der Waals surface area contributed by atoms with Gasteiger partial charge in [0.05, 0.1) is 13.2 Å². The van der Waals surface area contributed by atoms with Crippen LogP contribution < -0.4 is 5.32 Å². The Hall–Kier alpha value is -0.810. The van der Waals surface area contributed by atoms with Gasteiger partial charge in [-0.1, -0.05) is 0 Å². The molecule has 1 amide bonds. The van der Waals surface area contributed by atoms with Gasteiger partial charge in [0.2, 0.25) is 0 Å². The number of morpholine rings is 1. The predicted octanol–water partition coefficient (Wildman–Crippen LogP) is 1.62. The molecule has 2 rings (SSSR count). The second-order valence-electron chi connectivity index (χ2n) is 6.44. The molecule has 2 aliphatic heterocycles. The van der Waals surface area contributed by atoms with Crippen LogP contribution in [0, 0.1) is 5.92 Å². The van der Waals surface area contributed by atoms with E-state index in [4.69, 9.17) is 9.47 Å². The van der Waals surface area contributed by atoms with Crippen molar-refractivity contribution in [3.63, 3.8) is 0 Å². The van der Waals surface area contributed by atoms with E-state index in [1.54, 1.807) is 0 Å². The first-order valence-electron chi connectivity index (χ1n) is 7.25. The summed E-state index contributed by atoms with van der Waals surface area (Å²) in [4.78, 5) is 13.8. The maximum Gasteiger partial charge on any atom is 0.410 e. The standard InChI is InChI=1S/C14H26N2O3/c1-14(2,3)19-13(17)16-7-4-11(5-8-16)12-10-18-9-6-15-12/h11-12,15H,4-10H2,1-3H3/t12-/m1/s1. The monoisotopic (exact) mass is 270 g/mol. The molecule has 5 heteroatoms. The van der Waals surface area contributed by atoms with E-state index >= 15 is 0 Å². The van der Waals surface area contributed by atoms with E-state index in [1.807, 2.05) is 25.7 Å². The molecule has 0 aromatic carbocycles. The van der Waals surface area contributed by atoms with Gasteiger partial charge in [-0.05, 0) is 39.5 Å². The lowest BCUT2D eigenvalue weighted by molar-refractivity contribution is 0.00913. The molecule has 0 spiro atoms. The zero-order valence-electron chi connectivity index (χ0n) is 12.3. The summed E-state index contributed by atoms with van der Waals surface area (Å²) in [6.45, 7) is 9.85. The summed E-state index contributed by atoms with van der Waals surface area (Å²) in [6, 6.07) is 0.453. The van der Waals surface area contributed by atoms with Crippen LogP contribution in [-0.4, -0.2) is 55.5 Å². The summed E-state index contributed by atoms with van der Waals surface area (Å²) < 4.78 is 10.9. The molecule has 0 radical (unpaired) electrons. The molecule has 2 fully saturated rings. The van der Waals surface area contributed by atoms with Crippen LogP contribution in [0.5, 0.6) is 0 Å². The molecule has 0 aliphatic carbocycles. The molecule has 0 saturated carbocycles. The SMILES string of the molecule is CC(C)(C)OC(=O)N1CCC([C@H]2COCCN2)CC1. The number of nitrogens with zero attached hydrogens (tertiary/aromatic N) is 1. The predicted molar refractivity (Wildman–Crippen MR) is 73.1 cm³/mol. The minimum absolute atomic E-state index is 0.182. The van der Waals surface area contributed by atoms with Gasteiger partial charge in [0.25, 0.3) is 0 Å². The molecule has 0 bridgehead atoms. The van der Waals surface area contributed by atoms with Crippen molar-refractivity contribution in [3.05, 3.63) is 0 Å². The van der Waals surface area contributed by atoms with Gasteiger partial charge in [-0.25, -0.2) is 4.79 Å². The van der Waals surface area contributed by atoms with Crippen molar-refractivity contribution < 1.29 is 14.3 Å². The van der Waals surface area contributed by atoms with E-state index in [1.165, 1.54) is 0 Å². The van der Waals surface area contributed by atoms with Gasteiger partial charge >= 0.3 is 6.09 Å². The lowest BCUT2D eigenvalue weighted by Gasteiger charge is -2.38. The third-order valence-corrected chi connectivity index (χ3v) is 3.71. The van der Waals surface area contributed by atoms with Crippen LogP contribution in [0.15, 0.2) is 0 Å². The van der Waals surface area contributed by atoms with Crippen molar-refractivity contribution in [3.8, 4) is 0 Å². The number of carbonyl (C=O) groups is 1. The Bertz CT molecular complexity index is 300. The number of piperidine rings is 1. The number of amides is 1. The zero-order valence-corrected chi connectivity index (χ0v) is 12.3. The van der Waals surface area contributed by atoms with E-state index in [0.717, 1.165) is 45.7 Å². The Balaban J connectivity index is 1.77. The van der Waals surface area contributed by atoms with E-state index in [-0.39, 0.29) is 6.09 Å². The number of rotatable bonds is 1. The summed E-state index contributed by atoms with van der Waals surface area (Å²) in [7, 11) is 0. The maximum absolute atomic E-state index is 12.0. The fourth-order valence-electron chi connectivity index (χ4n) is 2.70. The molecule has 2 aliphatic rings. The molecule has 2 heterocycles. The maximum atomic E-state index is 12.0. The van der Waals surface area contributed by atoms with Crippen molar-refractivity contribution in [2.45, 2.75) is 45.3 Å². The van der Waals surface area contributed by atoms with Crippen LogP contribution in [0.1, 0.15) is 33.6 Å². The molecule has 0 unspecified atom stereocenters. The molecular weight excluding hydrogens is 244 g/mol. The zero-order chi connectivity index (χ0) is 13.9. The molecule has 1 N–H and O–H groups in total. The minimum atomic E-state index is -0.410. The Morgan fingerprint density at radius 1 is 1.32 bits per heavy atom. The summed E-state index contributed by atoms with van der Waals surface area (Å²) in [5.74, 6) is 0.610. The molecule has 1 atom stereocenters. The van der Waals surface area contributed by atoms with Crippen molar-refractivity contribution >= 4 is 6.09 Å². The third kappa shape index (κ3) is 4.35. The minimum Gasteiger partial charge on any atom is -0.444 e. The average molecular weight is 270 g/mol. The second kappa shape index (κ2) is 6.09. The highest BCUT2D eigenvalue weighted by atomic mass is 16.6. The van der Waals surface area contributed by atoms with Gasteiger partial charge in [-0.2, -0.15) is 0 Å². The molecule has 110 valence electrons. The Kier molecular flexibility index (Phi) is 4.68. The Morgan fingerprint density at radius 2 is 2.00 bits per heavy atom. The van der Waals surface area contributed by atoms with Crippen LogP contribution in [-0.2, 0) is 9.47 Å². The van der Waals surface area contributed by atoms with Crippen LogP contribution in [0.2, 0.25) is 0 Å². The number of hydrogen-bond acceptors (Lipinski definition) is 4. The second-order valence-corrected chi connectivity index (χ2v) is 6.44. The Labute approximate surface area is 115 Å². The fraction of sp³-hybridized carbons (Fsp3) is 0.929. The average Bonchev–Trinajstić information content (AvgIpc) is 2.38. The lowest BCUT2D eigenvalue weighted by Crippen LogP contribution is -2.50. The van der Waals surface area contributed by atoms with Gasteiger partial charge in [0.1, 0.15) is 5.60 Å². The number of ether oxygens (including phenoxy) is 2. The van der Waals surface area contributed by atoms with Crippen molar-refractivity contribution in [1.29, 1.82) is 0 Å². The van der Waals surface area contributed by atoms with Crippen LogP contribution in [0.3, 0.4) is 0 Å². The summed E-state index contributed by atoms with van der Waals surface area (Å²) in [5, 5.41) is 3.51. The third-order valence-electron chi connectivity index (χ3n) is 3.71. The summed E-state index contributed by atoms with van der Waals surface area (Å²) in [6.07, 6.45) is 1.87. The van der Waals surface area contributed by atoms with E-state index < -0.39 is 5.60 Å². The quantitative estimate of drug-likeness (QED) is 0.786. The highest BCUT2D eigenvalue weighted by Gasteiger charge is 2.31. The number of likely N-dealkylation sites (tertiary alicyclic amines) is 1. The first-order valence-corrected chi connectivity index (χ1v) is 7.25. The van der Waals surface area contributed by atoms with Gasteiger partial charge in [-0.3, -0.25) is 0 Å². The largest absolute Gasteiger partial charge is 0.444 e. The fourth-order valence-corrected chi connectivity index (χ4v) is 2.70. The van der Waals surface area contributed by atoms with Crippen molar-refractivity contribution in [1.82, 2.24) is 10.2 Å². The van der Waals surface area contributed by atoms with Gasteiger partial charge in [0, 0.05) is 25.7 Å². The highest BCUT2D eigenvalue weighted by Crippen LogP contribution is 2.23. The molecule has 2 saturated heterocycles. The van der Waals surface area contributed by atoms with E-state index in [0.29, 0.717) is 12.0 Å². The van der Waals surface area contributed by atoms with Crippen LogP contribution in [0.4, 0.5) is 4.79 Å². The van der Waals surface area contributed by atoms with Gasteiger partial charge in [0.15, 0.2) is 0 Å². The molecule has 0 aromatic rings. The normalized spacial score (nSPS) is 26.3. The van der Waals surface area contributed by atoms with E-state index in [9.17, 15) is 4.79 Å². The summed E-state index contributed by atoms with van der Waals surface area (Å²) in [5.41, 5.74) is -0.410. The molecule has 5 nitrogen and oxygen atoms in total. The highest BCUT2D eigenvalue weighted by molar-refractivity contribution is 5.68. The van der Waals surface area contributed by atoms with Crippen molar-refractivity contribution in [2.75, 3.05) is 32.8 Å². The first-order chi connectivity index (χ1) is 8.96. The molecular formula is C14H26N2O3. The van der Waals surface area contributed by atoms with Crippen molar-refractivity contribution in [2.24, 2.45) is 5.92 Å². The number of carbonyl (C=O) groups excluding carboxylic acids is 1. The smallest absolute Gasteiger partial charge is 0.410 e. The van der Waals surface area contributed by atoms with E-state index in [2.05, 4.69) is 5.32 Å². The Morgan fingerprint density at radius 3 is 2.53 bits per heavy atom. The number of hydrogen-bond donors (Lipinski definition) is 1. The van der Waals surface area contributed by atoms with Crippen LogP contribution in [0.25, 0.3) is 0 Å². The molecule has 0 aromatic heterocycles. The topological polar surface area (TPSA) is 50.8 Å². The van der Waals surface area contributed by atoms with Gasteiger partial charge < -0.3 is 19.7 Å². The van der Waals surface area contributed by atoms with Gasteiger partial charge in [-0.15, -0.1) is 0 Å².